The topological polar surface area (TPSA) is 133 Å². The Labute approximate surface area is 234 Å². The van der Waals surface area contributed by atoms with Crippen LogP contribution in [0.4, 0.5) is 10.8 Å². The van der Waals surface area contributed by atoms with Crippen LogP contribution in [0.15, 0.2) is 68.0 Å². The molecule has 0 atom stereocenters. The summed E-state index contributed by atoms with van der Waals surface area (Å²) in [5.74, 6) is -0.152. The molecule has 1 amide bonds. The zero-order valence-corrected chi connectivity index (χ0v) is 23.9. The van der Waals surface area contributed by atoms with Gasteiger partial charge in [-0.3, -0.25) is 14.8 Å². The highest BCUT2D eigenvalue weighted by Crippen LogP contribution is 2.33. The lowest BCUT2D eigenvalue weighted by Crippen LogP contribution is -2.20. The van der Waals surface area contributed by atoms with Crippen molar-refractivity contribution in [3.63, 3.8) is 0 Å². The zero-order valence-electron chi connectivity index (χ0n) is 19.9. The number of hydrogen-bond donors (Lipinski definition) is 2. The summed E-state index contributed by atoms with van der Waals surface area (Å²) < 4.78 is 43.8. The smallest absolute Gasteiger partial charge is 0.338 e. The van der Waals surface area contributed by atoms with Crippen LogP contribution >= 0.6 is 38.6 Å². The van der Waals surface area contributed by atoms with Crippen LogP contribution in [0, 0.1) is 0 Å². The molecule has 0 fully saturated rings. The molecule has 0 unspecified atom stereocenters. The Morgan fingerprint density at radius 2 is 1.74 bits per heavy atom. The minimum atomic E-state index is -3.75. The van der Waals surface area contributed by atoms with Crippen molar-refractivity contribution in [3.8, 4) is 22.8 Å². The second-order valence-electron chi connectivity index (χ2n) is 7.47. The van der Waals surface area contributed by atoms with Gasteiger partial charge >= 0.3 is 5.97 Å². The van der Waals surface area contributed by atoms with E-state index in [1.807, 2.05) is 6.07 Å². The molecule has 2 heterocycles. The van der Waals surface area contributed by atoms with Crippen molar-refractivity contribution in [2.45, 2.75) is 4.21 Å². The Morgan fingerprint density at radius 1 is 1.00 bits per heavy atom. The van der Waals surface area contributed by atoms with E-state index >= 15 is 0 Å². The summed E-state index contributed by atoms with van der Waals surface area (Å²) in [5, 5.41) is 4.71. The molecule has 2 aromatic heterocycles. The Morgan fingerprint density at radius 3 is 2.39 bits per heavy atom. The molecule has 4 aromatic rings. The van der Waals surface area contributed by atoms with Gasteiger partial charge in [-0.1, -0.05) is 0 Å². The van der Waals surface area contributed by atoms with E-state index in [1.165, 1.54) is 48.8 Å². The molecule has 0 saturated carbocycles. The molecule has 38 heavy (non-hydrogen) atoms. The van der Waals surface area contributed by atoms with Gasteiger partial charge in [0.2, 0.25) is 0 Å². The number of aromatic nitrogens is 1. The van der Waals surface area contributed by atoms with Crippen LogP contribution in [-0.2, 0) is 19.6 Å². The van der Waals surface area contributed by atoms with Crippen molar-refractivity contribution < 1.29 is 32.2 Å². The number of thiophene rings is 1. The number of methoxy groups -OCH3 is 2. The van der Waals surface area contributed by atoms with Crippen LogP contribution in [0.3, 0.4) is 0 Å². The number of anilines is 2. The van der Waals surface area contributed by atoms with Gasteiger partial charge < -0.3 is 14.2 Å². The maximum absolute atomic E-state index is 12.4. The Balaban J connectivity index is 1.30. The van der Waals surface area contributed by atoms with Gasteiger partial charge in [0, 0.05) is 16.6 Å². The lowest BCUT2D eigenvalue weighted by Gasteiger charge is -2.08. The fraction of sp³-hybridized carbons (Fsp3) is 0.125. The first-order valence-electron chi connectivity index (χ1n) is 10.7. The Hall–Kier alpha value is -3.46. The van der Waals surface area contributed by atoms with Gasteiger partial charge in [-0.2, -0.15) is 0 Å². The van der Waals surface area contributed by atoms with Crippen LogP contribution in [-0.4, -0.2) is 46.1 Å². The van der Waals surface area contributed by atoms with E-state index in [9.17, 15) is 18.0 Å². The van der Waals surface area contributed by atoms with Crippen LogP contribution in [0.5, 0.6) is 11.5 Å². The number of ether oxygens (including phenoxy) is 3. The standard InChI is InChI=1S/C24H20BrN3O7S3/c1-33-18-8-5-15(11-19(18)34-2)17-13-36-24(26-17)27-21(29)12-35-23(30)14-3-6-16(7-4-14)28-38(31,32)22-10-9-20(25)37-22/h3-11,13,28H,12H2,1-2H3,(H,26,27,29). The molecule has 0 aliphatic carbocycles. The number of esters is 1. The van der Waals surface area contributed by atoms with E-state index in [0.717, 1.165) is 16.9 Å². The summed E-state index contributed by atoms with van der Waals surface area (Å²) in [6.45, 7) is -0.522. The first-order valence-corrected chi connectivity index (χ1v) is 14.7. The number of sulfonamides is 1. The van der Waals surface area contributed by atoms with E-state index < -0.39 is 28.5 Å². The molecule has 0 aliphatic heterocycles. The van der Waals surface area contributed by atoms with Crippen molar-refractivity contribution in [2.75, 3.05) is 30.9 Å². The van der Waals surface area contributed by atoms with Gasteiger partial charge in [0.15, 0.2) is 23.2 Å². The SMILES string of the molecule is COc1ccc(-c2csc(NC(=O)COC(=O)c3ccc(NS(=O)(=O)c4ccc(Br)s4)cc3)n2)cc1OC. The summed E-state index contributed by atoms with van der Waals surface area (Å²) >= 11 is 5.53. The molecule has 4 rings (SSSR count). The molecule has 0 aliphatic rings. The molecule has 0 saturated heterocycles. The molecule has 2 aromatic carbocycles. The number of nitrogens with one attached hydrogen (secondary N) is 2. The van der Waals surface area contributed by atoms with Gasteiger partial charge in [-0.05, 0) is 70.5 Å². The fourth-order valence-corrected chi connectivity index (χ4v) is 6.96. The highest BCUT2D eigenvalue weighted by molar-refractivity contribution is 9.11. The largest absolute Gasteiger partial charge is 0.493 e. The number of hydrogen-bond acceptors (Lipinski definition) is 10. The number of thiazole rings is 1. The molecule has 14 heteroatoms. The van der Waals surface area contributed by atoms with E-state index in [-0.39, 0.29) is 15.5 Å². The number of carbonyl (C=O) groups is 2. The maximum Gasteiger partial charge on any atom is 0.338 e. The molecule has 10 nitrogen and oxygen atoms in total. The van der Waals surface area contributed by atoms with Crippen molar-refractivity contribution in [1.82, 2.24) is 4.98 Å². The van der Waals surface area contributed by atoms with Gasteiger partial charge in [-0.15, -0.1) is 22.7 Å². The lowest BCUT2D eigenvalue weighted by atomic mass is 10.1. The Bertz CT molecular complexity index is 1570. The number of nitrogens with zero attached hydrogens (tertiary/aromatic N) is 1. The second-order valence-corrected chi connectivity index (χ2v) is 12.7. The summed E-state index contributed by atoms with van der Waals surface area (Å²) in [6, 6.07) is 14.1. The number of halogens is 1. The molecular formula is C24H20BrN3O7S3. The quantitative estimate of drug-likeness (QED) is 0.225. The van der Waals surface area contributed by atoms with Crippen molar-refractivity contribution in [2.24, 2.45) is 0 Å². The monoisotopic (exact) mass is 637 g/mol. The molecule has 0 spiro atoms. The molecule has 2 N–H and O–H groups in total. The average molecular weight is 639 g/mol. The van der Waals surface area contributed by atoms with Crippen LogP contribution in [0.25, 0.3) is 11.3 Å². The summed E-state index contributed by atoms with van der Waals surface area (Å²) in [6.07, 6.45) is 0. The van der Waals surface area contributed by atoms with Gasteiger partial charge in [0.05, 0.1) is 29.3 Å². The predicted molar refractivity (Wildman–Crippen MR) is 149 cm³/mol. The van der Waals surface area contributed by atoms with Crippen molar-refractivity contribution in [3.05, 3.63) is 69.3 Å². The summed E-state index contributed by atoms with van der Waals surface area (Å²) in [5.41, 5.74) is 1.84. The third-order valence-corrected chi connectivity index (χ3v) is 9.20. The van der Waals surface area contributed by atoms with E-state index in [0.29, 0.717) is 26.1 Å². The van der Waals surface area contributed by atoms with Crippen molar-refractivity contribution in [1.29, 1.82) is 0 Å². The van der Waals surface area contributed by atoms with E-state index in [1.54, 1.807) is 30.7 Å². The van der Waals surface area contributed by atoms with Gasteiger partial charge in [0.25, 0.3) is 15.9 Å². The number of amides is 1. The number of carbonyl (C=O) groups excluding carboxylic acids is 2. The van der Waals surface area contributed by atoms with E-state index in [4.69, 9.17) is 14.2 Å². The van der Waals surface area contributed by atoms with E-state index in [2.05, 4.69) is 31.0 Å². The Kier molecular flexibility index (Phi) is 8.66. The van der Waals surface area contributed by atoms with Crippen LogP contribution < -0.4 is 19.5 Å². The lowest BCUT2D eigenvalue weighted by molar-refractivity contribution is -0.119. The normalized spacial score (nSPS) is 11.0. The zero-order chi connectivity index (χ0) is 27.3. The van der Waals surface area contributed by atoms with Crippen LogP contribution in [0.1, 0.15) is 10.4 Å². The second kappa shape index (κ2) is 11.9. The first-order chi connectivity index (χ1) is 18.2. The fourth-order valence-electron chi connectivity index (χ4n) is 3.15. The molecule has 0 bridgehead atoms. The van der Waals surface area contributed by atoms with Gasteiger partial charge in [-0.25, -0.2) is 18.2 Å². The molecule has 198 valence electrons. The first kappa shape index (κ1) is 27.6. The maximum atomic E-state index is 12.4. The summed E-state index contributed by atoms with van der Waals surface area (Å²) in [7, 11) is -0.660. The third-order valence-electron chi connectivity index (χ3n) is 4.95. The third kappa shape index (κ3) is 6.69. The minimum Gasteiger partial charge on any atom is -0.493 e. The highest BCUT2D eigenvalue weighted by Gasteiger charge is 2.18. The number of rotatable bonds is 10. The van der Waals surface area contributed by atoms with Gasteiger partial charge in [0.1, 0.15) is 4.21 Å². The summed E-state index contributed by atoms with van der Waals surface area (Å²) in [4.78, 5) is 29.0. The van der Waals surface area contributed by atoms with Crippen LogP contribution in [0.2, 0.25) is 0 Å². The predicted octanol–water partition coefficient (Wildman–Crippen LogP) is 5.25. The molecular weight excluding hydrogens is 618 g/mol. The average Bonchev–Trinajstić information content (AvgIpc) is 3.56. The minimum absolute atomic E-state index is 0.148. The molecule has 0 radical (unpaired) electrons. The van der Waals surface area contributed by atoms with Crippen molar-refractivity contribution >= 4 is 71.3 Å². The number of benzene rings is 2. The highest BCUT2D eigenvalue weighted by atomic mass is 79.9.